The summed E-state index contributed by atoms with van der Waals surface area (Å²) < 4.78 is 12.1. The minimum Gasteiger partial charge on any atom is -0.481 e. The van der Waals surface area contributed by atoms with E-state index in [0.29, 0.717) is 6.42 Å². The van der Waals surface area contributed by atoms with Gasteiger partial charge in [0.2, 0.25) is 5.91 Å². The first kappa shape index (κ1) is 29.2. The number of cyclic esters (lactones) is 1. The van der Waals surface area contributed by atoms with Gasteiger partial charge in [-0.25, -0.2) is 9.69 Å². The van der Waals surface area contributed by atoms with Crippen molar-refractivity contribution in [3.05, 3.63) is 96.6 Å². The number of carboxylic acid groups (broad SMARTS) is 1. The molecule has 0 aromatic heterocycles. The van der Waals surface area contributed by atoms with Crippen LogP contribution in [0.4, 0.5) is 4.79 Å². The first-order valence-electron chi connectivity index (χ1n) is 13.6. The Morgan fingerprint density at radius 2 is 1.48 bits per heavy atom. The maximum Gasteiger partial charge on any atom is 0.416 e. The van der Waals surface area contributed by atoms with Crippen molar-refractivity contribution in [2.45, 2.75) is 51.1 Å². The number of ether oxygens (including phenoxy) is 1. The summed E-state index contributed by atoms with van der Waals surface area (Å²) in [6.45, 7) is 6.73. The van der Waals surface area contributed by atoms with E-state index in [2.05, 4.69) is 45.0 Å². The molecule has 0 saturated carbocycles. The normalized spacial score (nSPS) is 16.4. The maximum absolute atomic E-state index is 13.7. The summed E-state index contributed by atoms with van der Waals surface area (Å²) in [5.74, 6) is -2.56. The number of rotatable bonds is 11. The number of carbonyl (C=O) groups excluding carboxylic acids is 2. The molecule has 1 aliphatic heterocycles. The largest absolute Gasteiger partial charge is 0.481 e. The highest BCUT2D eigenvalue weighted by Gasteiger charge is 2.50. The second-order valence-electron chi connectivity index (χ2n) is 11.2. The molecule has 0 bridgehead atoms. The number of benzene rings is 3. The molecule has 4 rings (SSSR count). The van der Waals surface area contributed by atoms with Crippen molar-refractivity contribution in [1.29, 1.82) is 0 Å². The van der Waals surface area contributed by atoms with E-state index in [4.69, 9.17) is 9.16 Å². The fourth-order valence-corrected chi connectivity index (χ4v) is 10.2. The molecule has 3 aromatic carbocycles. The second-order valence-corrected chi connectivity index (χ2v) is 15.5. The minimum atomic E-state index is -2.86. The van der Waals surface area contributed by atoms with Crippen molar-refractivity contribution in [1.82, 2.24) is 4.90 Å². The fourth-order valence-electron chi connectivity index (χ4n) is 5.60. The van der Waals surface area contributed by atoms with E-state index >= 15 is 0 Å². The van der Waals surface area contributed by atoms with Crippen LogP contribution in [0, 0.1) is 5.92 Å². The fraction of sp³-hybridized carbons (Fsp3) is 0.344. The molecule has 0 unspecified atom stereocenters. The van der Waals surface area contributed by atoms with Crippen molar-refractivity contribution in [2.24, 2.45) is 5.92 Å². The van der Waals surface area contributed by atoms with Gasteiger partial charge in [0.25, 0.3) is 8.32 Å². The Kier molecular flexibility index (Phi) is 9.22. The smallest absolute Gasteiger partial charge is 0.416 e. The summed E-state index contributed by atoms with van der Waals surface area (Å²) in [6.07, 6.45) is -0.520. The Labute approximate surface area is 236 Å². The standard InChI is InChI=1S/C32H37NO6Si/c1-32(2,3)40(27-15-9-5-10-16-27,28-17-11-6-12-18-28)39-20-19-25(22-29(34)35)30(36)33-26(23-38-31(33)37)21-24-13-7-4-8-14-24/h4-18,25-26H,19-23H2,1-3H3,(H,34,35)/t25-,26+/m1/s1. The quantitative estimate of drug-likeness (QED) is 0.344. The summed E-state index contributed by atoms with van der Waals surface area (Å²) in [6, 6.07) is 29.3. The predicted octanol–water partition coefficient (Wildman–Crippen LogP) is 4.63. The van der Waals surface area contributed by atoms with E-state index < -0.39 is 44.7 Å². The molecule has 8 heteroatoms. The van der Waals surface area contributed by atoms with Crippen molar-refractivity contribution in [3.8, 4) is 0 Å². The number of carboxylic acids is 1. The van der Waals surface area contributed by atoms with Crippen LogP contribution in [-0.2, 0) is 25.2 Å². The van der Waals surface area contributed by atoms with Gasteiger partial charge >= 0.3 is 12.1 Å². The predicted molar refractivity (Wildman–Crippen MR) is 156 cm³/mol. The maximum atomic E-state index is 13.7. The van der Waals surface area contributed by atoms with Gasteiger partial charge in [-0.3, -0.25) is 9.59 Å². The lowest BCUT2D eigenvalue weighted by molar-refractivity contribution is -0.144. The third-order valence-electron chi connectivity index (χ3n) is 7.48. The van der Waals surface area contributed by atoms with Crippen molar-refractivity contribution < 1.29 is 28.7 Å². The summed E-state index contributed by atoms with van der Waals surface area (Å²) in [5.41, 5.74) is 0.966. The second kappa shape index (κ2) is 12.6. The number of imide groups is 1. The average molecular weight is 560 g/mol. The molecule has 7 nitrogen and oxygen atoms in total. The highest BCUT2D eigenvalue weighted by atomic mass is 28.4. The summed E-state index contributed by atoms with van der Waals surface area (Å²) in [7, 11) is -2.86. The zero-order chi connectivity index (χ0) is 28.8. The van der Waals surface area contributed by atoms with Crippen LogP contribution in [0.2, 0.25) is 5.04 Å². The molecule has 1 heterocycles. The highest BCUT2D eigenvalue weighted by Crippen LogP contribution is 2.37. The molecule has 0 spiro atoms. The molecule has 3 aromatic rings. The molecule has 1 fully saturated rings. The Balaban J connectivity index is 1.59. The monoisotopic (exact) mass is 559 g/mol. The molecule has 210 valence electrons. The lowest BCUT2D eigenvalue weighted by Gasteiger charge is -2.43. The van der Waals surface area contributed by atoms with Crippen LogP contribution in [0.5, 0.6) is 0 Å². The Bertz CT molecular complexity index is 1250. The van der Waals surface area contributed by atoms with E-state index in [0.717, 1.165) is 20.8 Å². The molecule has 2 atom stereocenters. The van der Waals surface area contributed by atoms with Crippen LogP contribution in [0.1, 0.15) is 39.2 Å². The first-order chi connectivity index (χ1) is 19.1. The summed E-state index contributed by atoms with van der Waals surface area (Å²) in [5, 5.41) is 11.6. The summed E-state index contributed by atoms with van der Waals surface area (Å²) >= 11 is 0. The number of hydrogen-bond acceptors (Lipinski definition) is 5. The van der Waals surface area contributed by atoms with Gasteiger partial charge in [-0.2, -0.15) is 0 Å². The van der Waals surface area contributed by atoms with Crippen molar-refractivity contribution >= 4 is 36.7 Å². The third kappa shape index (κ3) is 6.34. The molecule has 0 radical (unpaired) electrons. The first-order valence-corrected chi connectivity index (χ1v) is 15.5. The number of carbonyl (C=O) groups is 3. The molecule has 0 aliphatic carbocycles. The van der Waals surface area contributed by atoms with Gasteiger partial charge in [-0.15, -0.1) is 0 Å². The SMILES string of the molecule is CC(C)(C)[Si](OCC[C@H](CC(=O)O)C(=O)N1C(=O)OC[C@@H]1Cc1ccccc1)(c1ccccc1)c1ccccc1. The van der Waals surface area contributed by atoms with E-state index in [1.807, 2.05) is 66.7 Å². The Hall–Kier alpha value is -3.75. The van der Waals surface area contributed by atoms with Gasteiger partial charge in [0, 0.05) is 6.61 Å². The van der Waals surface area contributed by atoms with Crippen LogP contribution in [0.3, 0.4) is 0 Å². The van der Waals surface area contributed by atoms with Crippen LogP contribution in [0.15, 0.2) is 91.0 Å². The van der Waals surface area contributed by atoms with Gasteiger partial charge in [-0.05, 0) is 33.8 Å². The third-order valence-corrected chi connectivity index (χ3v) is 12.5. The van der Waals surface area contributed by atoms with Gasteiger partial charge < -0.3 is 14.3 Å². The highest BCUT2D eigenvalue weighted by molar-refractivity contribution is 6.99. The van der Waals surface area contributed by atoms with E-state index in [9.17, 15) is 19.5 Å². The number of hydrogen-bond donors (Lipinski definition) is 1. The lowest BCUT2D eigenvalue weighted by Crippen LogP contribution is -2.66. The number of amides is 2. The minimum absolute atomic E-state index is 0.0812. The zero-order valence-electron chi connectivity index (χ0n) is 23.3. The van der Waals surface area contributed by atoms with Crippen LogP contribution in [0.25, 0.3) is 0 Å². The van der Waals surface area contributed by atoms with E-state index in [1.54, 1.807) is 0 Å². The Morgan fingerprint density at radius 1 is 0.950 bits per heavy atom. The molecular weight excluding hydrogens is 522 g/mol. The molecule has 1 saturated heterocycles. The topological polar surface area (TPSA) is 93.1 Å². The van der Waals surface area contributed by atoms with Gasteiger partial charge in [-0.1, -0.05) is 112 Å². The molecule has 1 N–H and O–H groups in total. The summed E-state index contributed by atoms with van der Waals surface area (Å²) in [4.78, 5) is 39.3. The molecule has 40 heavy (non-hydrogen) atoms. The van der Waals surface area contributed by atoms with Gasteiger partial charge in [0.05, 0.1) is 18.4 Å². The number of nitrogens with zero attached hydrogens (tertiary/aromatic N) is 1. The number of aliphatic carboxylic acids is 1. The molecule has 2 amide bonds. The van der Waals surface area contributed by atoms with Crippen LogP contribution >= 0.6 is 0 Å². The Morgan fingerprint density at radius 3 is 1.98 bits per heavy atom. The van der Waals surface area contributed by atoms with Crippen LogP contribution < -0.4 is 10.4 Å². The zero-order valence-corrected chi connectivity index (χ0v) is 24.3. The van der Waals surface area contributed by atoms with Crippen molar-refractivity contribution in [2.75, 3.05) is 13.2 Å². The van der Waals surface area contributed by atoms with E-state index in [1.165, 1.54) is 0 Å². The van der Waals surface area contributed by atoms with Crippen LogP contribution in [-0.4, -0.2) is 55.5 Å². The van der Waals surface area contributed by atoms with Crippen molar-refractivity contribution in [3.63, 3.8) is 0 Å². The molecule has 1 aliphatic rings. The van der Waals surface area contributed by atoms with Gasteiger partial charge in [0.1, 0.15) is 6.61 Å². The van der Waals surface area contributed by atoms with Gasteiger partial charge in [0.15, 0.2) is 0 Å². The molecular formula is C32H37NO6Si. The average Bonchev–Trinajstić information content (AvgIpc) is 3.30. The lowest BCUT2D eigenvalue weighted by atomic mass is 9.98. The van der Waals surface area contributed by atoms with E-state index in [-0.39, 0.29) is 24.7 Å².